The summed E-state index contributed by atoms with van der Waals surface area (Å²) in [4.78, 5) is 8.36. The number of hydrogen-bond acceptors (Lipinski definition) is 2. The summed E-state index contributed by atoms with van der Waals surface area (Å²) in [5.41, 5.74) is 0. The topological polar surface area (TPSA) is 49.3 Å². The molecule has 0 spiro atoms. The van der Waals surface area contributed by atoms with E-state index in [0.717, 1.165) is 6.04 Å². The van der Waals surface area contributed by atoms with Crippen LogP contribution in [0.5, 0.6) is 0 Å². The highest BCUT2D eigenvalue weighted by molar-refractivity contribution is 5.32. The summed E-state index contributed by atoms with van der Waals surface area (Å²) in [7, 11) is 0. The van der Waals surface area contributed by atoms with Crippen molar-refractivity contribution in [3.05, 3.63) is 0 Å². The van der Waals surface area contributed by atoms with Gasteiger partial charge >= 0.3 is 0 Å². The Balaban J connectivity index is 0. The van der Waals surface area contributed by atoms with E-state index < -0.39 is 0 Å². The van der Waals surface area contributed by atoms with Gasteiger partial charge in [-0.15, -0.1) is 0 Å². The maximum absolute atomic E-state index is 8.36. The second-order valence-electron chi connectivity index (χ2n) is 2.10. The standard InChI is InChI=1S/C5H11N.C2H6.CH2O2/c1-5-3-2-4-6-5;1-2;2-1-3/h5-6H,2-4H2,1H3;1-2H3;1H,(H,2,3). The summed E-state index contributed by atoms with van der Waals surface area (Å²) in [5, 5.41) is 10.2. The van der Waals surface area contributed by atoms with E-state index in [1.54, 1.807) is 0 Å². The first kappa shape index (κ1) is 13.1. The van der Waals surface area contributed by atoms with Gasteiger partial charge in [0.2, 0.25) is 0 Å². The van der Waals surface area contributed by atoms with Crippen LogP contribution in [0, 0.1) is 0 Å². The molecule has 1 atom stereocenters. The maximum Gasteiger partial charge on any atom is 0.290 e. The lowest BCUT2D eigenvalue weighted by Gasteiger charge is -1.95. The zero-order valence-electron chi connectivity index (χ0n) is 7.63. The minimum absolute atomic E-state index is 0.250. The third kappa shape index (κ3) is 12.6. The van der Waals surface area contributed by atoms with E-state index in [1.807, 2.05) is 13.8 Å². The van der Waals surface area contributed by atoms with E-state index in [1.165, 1.54) is 19.4 Å². The highest BCUT2D eigenvalue weighted by Gasteiger charge is 2.05. The molecule has 11 heavy (non-hydrogen) atoms. The first-order valence-electron chi connectivity index (χ1n) is 4.12. The third-order valence-corrected chi connectivity index (χ3v) is 1.31. The number of carbonyl (C=O) groups is 1. The zero-order chi connectivity index (χ0) is 9.11. The Hall–Kier alpha value is -0.570. The average Bonchev–Trinajstić information content (AvgIpc) is 2.46. The van der Waals surface area contributed by atoms with Crippen LogP contribution in [0.25, 0.3) is 0 Å². The number of rotatable bonds is 0. The first-order valence-corrected chi connectivity index (χ1v) is 4.12. The van der Waals surface area contributed by atoms with Gasteiger partial charge in [0.1, 0.15) is 0 Å². The molecule has 0 aromatic carbocycles. The van der Waals surface area contributed by atoms with Gasteiger partial charge < -0.3 is 10.4 Å². The molecular formula is C8H19NO2. The van der Waals surface area contributed by atoms with E-state index >= 15 is 0 Å². The van der Waals surface area contributed by atoms with Gasteiger partial charge in [0.05, 0.1) is 0 Å². The molecule has 3 nitrogen and oxygen atoms in total. The summed E-state index contributed by atoms with van der Waals surface area (Å²) in [6.45, 7) is 7.22. The van der Waals surface area contributed by atoms with Crippen molar-refractivity contribution < 1.29 is 9.90 Å². The lowest BCUT2D eigenvalue weighted by Crippen LogP contribution is -2.16. The molecule has 1 saturated heterocycles. The van der Waals surface area contributed by atoms with Crippen molar-refractivity contribution in [2.45, 2.75) is 39.7 Å². The number of carboxylic acid groups (broad SMARTS) is 1. The van der Waals surface area contributed by atoms with Crippen LogP contribution in [-0.2, 0) is 4.79 Å². The molecule has 0 amide bonds. The molecule has 0 aliphatic carbocycles. The monoisotopic (exact) mass is 161 g/mol. The van der Waals surface area contributed by atoms with Crippen molar-refractivity contribution in [3.8, 4) is 0 Å². The van der Waals surface area contributed by atoms with Crippen LogP contribution >= 0.6 is 0 Å². The van der Waals surface area contributed by atoms with Gasteiger partial charge in [-0.3, -0.25) is 4.79 Å². The predicted octanol–water partition coefficient (Wildman–Crippen LogP) is 1.49. The van der Waals surface area contributed by atoms with Crippen molar-refractivity contribution in [1.29, 1.82) is 0 Å². The summed E-state index contributed by atoms with van der Waals surface area (Å²) >= 11 is 0. The van der Waals surface area contributed by atoms with Crippen molar-refractivity contribution in [3.63, 3.8) is 0 Å². The van der Waals surface area contributed by atoms with Crippen molar-refractivity contribution in [1.82, 2.24) is 5.32 Å². The van der Waals surface area contributed by atoms with Gasteiger partial charge in [0.15, 0.2) is 0 Å². The van der Waals surface area contributed by atoms with E-state index in [2.05, 4.69) is 12.2 Å². The van der Waals surface area contributed by atoms with E-state index in [0.29, 0.717) is 0 Å². The highest BCUT2D eigenvalue weighted by atomic mass is 16.3. The van der Waals surface area contributed by atoms with Crippen LogP contribution in [0.3, 0.4) is 0 Å². The normalized spacial score (nSPS) is 20.5. The quantitative estimate of drug-likeness (QED) is 0.529. The molecule has 0 radical (unpaired) electrons. The SMILES string of the molecule is CC.CC1CCCN1.O=CO. The van der Waals surface area contributed by atoms with Crippen molar-refractivity contribution in [2.24, 2.45) is 0 Å². The number of hydrogen-bond donors (Lipinski definition) is 2. The fraction of sp³-hybridized carbons (Fsp3) is 0.875. The van der Waals surface area contributed by atoms with Gasteiger partial charge in [-0.1, -0.05) is 13.8 Å². The molecule has 1 rings (SSSR count). The van der Waals surface area contributed by atoms with Gasteiger partial charge in [-0.05, 0) is 26.3 Å². The second-order valence-corrected chi connectivity index (χ2v) is 2.10. The van der Waals surface area contributed by atoms with Crippen LogP contribution in [0.15, 0.2) is 0 Å². The van der Waals surface area contributed by atoms with Crippen molar-refractivity contribution in [2.75, 3.05) is 6.54 Å². The smallest absolute Gasteiger partial charge is 0.290 e. The summed E-state index contributed by atoms with van der Waals surface area (Å²) in [6.07, 6.45) is 2.75. The Kier molecular flexibility index (Phi) is 14.4. The lowest BCUT2D eigenvalue weighted by molar-refractivity contribution is -0.122. The molecule has 68 valence electrons. The Bertz CT molecular complexity index is 70.5. The molecule has 1 fully saturated rings. The Morgan fingerprint density at radius 2 is 2.00 bits per heavy atom. The van der Waals surface area contributed by atoms with E-state index in [4.69, 9.17) is 9.90 Å². The van der Waals surface area contributed by atoms with Crippen LogP contribution in [0.1, 0.15) is 33.6 Å². The average molecular weight is 161 g/mol. The molecule has 3 heteroatoms. The van der Waals surface area contributed by atoms with Gasteiger partial charge in [-0.25, -0.2) is 0 Å². The largest absolute Gasteiger partial charge is 0.483 e. The minimum atomic E-state index is -0.250. The zero-order valence-corrected chi connectivity index (χ0v) is 7.63. The molecule has 1 unspecified atom stereocenters. The van der Waals surface area contributed by atoms with Gasteiger partial charge in [0.25, 0.3) is 6.47 Å². The van der Waals surface area contributed by atoms with Crippen LogP contribution in [-0.4, -0.2) is 24.2 Å². The molecule has 0 bridgehead atoms. The molecule has 0 saturated carbocycles. The molecule has 1 aliphatic heterocycles. The molecule has 0 aromatic rings. The maximum atomic E-state index is 8.36. The third-order valence-electron chi connectivity index (χ3n) is 1.31. The van der Waals surface area contributed by atoms with Crippen LogP contribution in [0.4, 0.5) is 0 Å². The summed E-state index contributed by atoms with van der Waals surface area (Å²) in [6, 6.07) is 0.796. The molecule has 0 aromatic heterocycles. The van der Waals surface area contributed by atoms with E-state index in [-0.39, 0.29) is 6.47 Å². The Morgan fingerprint density at radius 1 is 1.55 bits per heavy atom. The summed E-state index contributed by atoms with van der Waals surface area (Å²) < 4.78 is 0. The van der Waals surface area contributed by atoms with Crippen molar-refractivity contribution >= 4 is 6.47 Å². The lowest BCUT2D eigenvalue weighted by atomic mass is 10.3. The minimum Gasteiger partial charge on any atom is -0.483 e. The highest BCUT2D eigenvalue weighted by Crippen LogP contribution is 2.01. The molecule has 1 aliphatic rings. The fourth-order valence-electron chi connectivity index (χ4n) is 0.859. The first-order chi connectivity index (χ1) is 5.31. The van der Waals surface area contributed by atoms with E-state index in [9.17, 15) is 0 Å². The van der Waals surface area contributed by atoms with Crippen LogP contribution < -0.4 is 5.32 Å². The van der Waals surface area contributed by atoms with Gasteiger partial charge in [0, 0.05) is 6.04 Å². The predicted molar refractivity (Wildman–Crippen MR) is 46.7 cm³/mol. The Labute approximate surface area is 68.8 Å². The Morgan fingerprint density at radius 3 is 2.09 bits per heavy atom. The number of nitrogens with one attached hydrogen (secondary N) is 1. The fourth-order valence-corrected chi connectivity index (χ4v) is 0.859. The molecular weight excluding hydrogens is 142 g/mol. The molecule has 1 heterocycles. The second kappa shape index (κ2) is 12.1. The summed E-state index contributed by atoms with van der Waals surface area (Å²) in [5.74, 6) is 0. The van der Waals surface area contributed by atoms with Crippen LogP contribution in [0.2, 0.25) is 0 Å². The van der Waals surface area contributed by atoms with Gasteiger partial charge in [-0.2, -0.15) is 0 Å². The molecule has 2 N–H and O–H groups in total.